The zero-order chi connectivity index (χ0) is 17.9. The Morgan fingerprint density at radius 2 is 1.80 bits per heavy atom. The van der Waals surface area contributed by atoms with Gasteiger partial charge >= 0.3 is 7.60 Å². The second-order valence-electron chi connectivity index (χ2n) is 5.18. The van der Waals surface area contributed by atoms with E-state index in [-0.39, 0.29) is 23.9 Å². The molecule has 25 heavy (non-hydrogen) atoms. The topological polar surface area (TPSA) is 79.1 Å². The van der Waals surface area contributed by atoms with Crippen molar-refractivity contribution in [3.63, 3.8) is 0 Å². The Balaban J connectivity index is 2.11. The van der Waals surface area contributed by atoms with E-state index in [1.807, 2.05) is 34.9 Å². The third-order valence-electron chi connectivity index (χ3n) is 3.47. The van der Waals surface area contributed by atoms with E-state index in [4.69, 9.17) is 20.6 Å². The van der Waals surface area contributed by atoms with Gasteiger partial charge in [0.2, 0.25) is 5.28 Å². The molecule has 3 rings (SSSR count). The summed E-state index contributed by atoms with van der Waals surface area (Å²) in [4.78, 5) is 12.7. The zero-order valence-corrected chi connectivity index (χ0v) is 15.6. The molecule has 0 saturated heterocycles. The lowest BCUT2D eigenvalue weighted by atomic mass is 10.2. The summed E-state index contributed by atoms with van der Waals surface area (Å²) in [6.45, 7) is 4.45. The van der Waals surface area contributed by atoms with Crippen LogP contribution in [-0.4, -0.2) is 32.7 Å². The smallest absolute Gasteiger partial charge is 0.311 e. The van der Waals surface area contributed by atoms with Crippen LogP contribution in [0.15, 0.2) is 36.7 Å². The Bertz CT molecular complexity index is 906. The number of fused-ring (bicyclic) bond motifs is 1. The van der Waals surface area contributed by atoms with Crippen molar-refractivity contribution in [3.8, 4) is 0 Å². The second-order valence-corrected chi connectivity index (χ2v) is 7.45. The van der Waals surface area contributed by atoms with Crippen LogP contribution in [-0.2, 0) is 20.2 Å². The molecular formula is C16H18ClN4O3P. The van der Waals surface area contributed by atoms with E-state index in [2.05, 4.69) is 15.0 Å². The first kappa shape index (κ1) is 18.0. The lowest BCUT2D eigenvalue weighted by Gasteiger charge is -2.16. The van der Waals surface area contributed by atoms with Crippen LogP contribution in [0.3, 0.4) is 0 Å². The van der Waals surface area contributed by atoms with E-state index in [1.54, 1.807) is 20.2 Å². The molecular weight excluding hydrogens is 363 g/mol. The van der Waals surface area contributed by atoms with E-state index >= 15 is 0 Å². The minimum absolute atomic E-state index is 0.0306. The fourth-order valence-electron chi connectivity index (χ4n) is 2.49. The van der Waals surface area contributed by atoms with Gasteiger partial charge in [-0.3, -0.25) is 4.57 Å². The maximum absolute atomic E-state index is 13.1. The molecule has 9 heteroatoms. The predicted molar refractivity (Wildman–Crippen MR) is 96.4 cm³/mol. The number of halogens is 1. The van der Waals surface area contributed by atoms with Gasteiger partial charge in [-0.15, -0.1) is 0 Å². The molecule has 0 amide bonds. The summed E-state index contributed by atoms with van der Waals surface area (Å²) in [5, 5.41) is -0.0306. The summed E-state index contributed by atoms with van der Waals surface area (Å²) in [7, 11) is -3.62. The molecule has 0 fully saturated rings. The van der Waals surface area contributed by atoms with Crippen molar-refractivity contribution in [3.05, 3.63) is 47.5 Å². The molecule has 1 aromatic carbocycles. The number of nitrogens with zero attached hydrogens (tertiary/aromatic N) is 4. The lowest BCUT2D eigenvalue weighted by molar-refractivity contribution is 0.229. The Morgan fingerprint density at radius 3 is 2.44 bits per heavy atom. The van der Waals surface area contributed by atoms with E-state index in [1.165, 1.54) is 0 Å². The van der Waals surface area contributed by atoms with Crippen LogP contribution in [0.1, 0.15) is 19.4 Å². The molecule has 0 N–H and O–H groups in total. The minimum Gasteiger partial charge on any atom is -0.311 e. The molecule has 7 nitrogen and oxygen atoms in total. The highest BCUT2D eigenvalue weighted by Crippen LogP contribution is 2.47. The maximum Gasteiger partial charge on any atom is 0.382 e. The van der Waals surface area contributed by atoms with Gasteiger partial charge in [-0.2, -0.15) is 4.98 Å². The van der Waals surface area contributed by atoms with Crippen LogP contribution in [0.5, 0.6) is 0 Å². The van der Waals surface area contributed by atoms with Gasteiger partial charge in [0, 0.05) is 0 Å². The summed E-state index contributed by atoms with van der Waals surface area (Å²) in [6, 6.07) is 9.87. The van der Waals surface area contributed by atoms with Crippen molar-refractivity contribution in [1.82, 2.24) is 19.5 Å². The monoisotopic (exact) mass is 380 g/mol. The van der Waals surface area contributed by atoms with Gasteiger partial charge in [-0.1, -0.05) is 30.3 Å². The summed E-state index contributed by atoms with van der Waals surface area (Å²) < 4.78 is 25.7. The maximum atomic E-state index is 13.1. The van der Waals surface area contributed by atoms with Crippen molar-refractivity contribution in [2.75, 3.05) is 13.2 Å². The average molecular weight is 381 g/mol. The summed E-state index contributed by atoms with van der Waals surface area (Å²) >= 11 is 6.07. The number of benzene rings is 1. The van der Waals surface area contributed by atoms with Gasteiger partial charge in [0.05, 0.1) is 26.1 Å². The summed E-state index contributed by atoms with van der Waals surface area (Å²) in [5.74, 6) is 0. The van der Waals surface area contributed by atoms with Gasteiger partial charge in [0.15, 0.2) is 11.1 Å². The van der Waals surface area contributed by atoms with Crippen LogP contribution >= 0.6 is 19.2 Å². The van der Waals surface area contributed by atoms with Crippen molar-refractivity contribution in [2.45, 2.75) is 20.4 Å². The molecule has 0 unspecified atom stereocenters. The third-order valence-corrected chi connectivity index (χ3v) is 5.67. The lowest BCUT2D eigenvalue weighted by Crippen LogP contribution is -2.17. The molecule has 0 aliphatic carbocycles. The van der Waals surface area contributed by atoms with Gasteiger partial charge in [-0.25, -0.2) is 9.97 Å². The van der Waals surface area contributed by atoms with E-state index in [0.717, 1.165) is 5.56 Å². The van der Waals surface area contributed by atoms with Gasteiger partial charge < -0.3 is 13.6 Å². The van der Waals surface area contributed by atoms with E-state index in [9.17, 15) is 4.57 Å². The second kappa shape index (κ2) is 7.62. The van der Waals surface area contributed by atoms with Crippen molar-refractivity contribution >= 4 is 35.8 Å². The van der Waals surface area contributed by atoms with Gasteiger partial charge in [-0.05, 0) is 31.0 Å². The van der Waals surface area contributed by atoms with Crippen LogP contribution in [0, 0.1) is 0 Å². The molecule has 0 radical (unpaired) electrons. The molecule has 0 aliphatic heterocycles. The molecule has 0 aliphatic rings. The molecule has 0 atom stereocenters. The molecule has 0 bridgehead atoms. The molecule has 132 valence electrons. The molecule has 2 heterocycles. The number of hydrogen-bond donors (Lipinski definition) is 0. The Hall–Kier alpha value is -1.79. The number of hydrogen-bond acceptors (Lipinski definition) is 6. The standard InChI is InChI=1S/C16H18ClN4O3P/c1-3-23-25(22,24-4-2)15-13-14(19-16(17)20-15)21(11-18-13)10-12-8-6-5-7-9-12/h5-9,11H,3-4,10H2,1-2H3. The summed E-state index contributed by atoms with van der Waals surface area (Å²) in [5.41, 5.74) is 2.03. The highest BCUT2D eigenvalue weighted by Gasteiger charge is 2.33. The van der Waals surface area contributed by atoms with Gasteiger partial charge in [0.25, 0.3) is 0 Å². The fraction of sp³-hybridized carbons (Fsp3) is 0.312. The van der Waals surface area contributed by atoms with Gasteiger partial charge in [0.1, 0.15) is 5.52 Å². The van der Waals surface area contributed by atoms with Crippen molar-refractivity contribution < 1.29 is 13.6 Å². The quantitative estimate of drug-likeness (QED) is 0.461. The highest BCUT2D eigenvalue weighted by atomic mass is 35.5. The first-order valence-corrected chi connectivity index (χ1v) is 9.81. The number of aromatic nitrogens is 4. The van der Waals surface area contributed by atoms with Crippen LogP contribution in [0.25, 0.3) is 11.2 Å². The first-order valence-electron chi connectivity index (χ1n) is 7.89. The summed E-state index contributed by atoms with van der Waals surface area (Å²) in [6.07, 6.45) is 1.62. The minimum atomic E-state index is -3.62. The SMILES string of the molecule is CCOP(=O)(OCC)c1nc(Cl)nc2c1ncn2Cc1ccccc1. The third kappa shape index (κ3) is 3.75. The van der Waals surface area contributed by atoms with Crippen LogP contribution in [0.2, 0.25) is 5.28 Å². The zero-order valence-electron chi connectivity index (χ0n) is 13.9. The largest absolute Gasteiger partial charge is 0.382 e. The predicted octanol–water partition coefficient (Wildman–Crippen LogP) is 3.42. The fourth-order valence-corrected chi connectivity index (χ4v) is 4.35. The van der Waals surface area contributed by atoms with Crippen LogP contribution in [0.4, 0.5) is 0 Å². The molecule has 0 saturated carbocycles. The normalized spacial score (nSPS) is 12.0. The van der Waals surface area contributed by atoms with Crippen LogP contribution < -0.4 is 5.44 Å². The Labute approximate surface area is 150 Å². The first-order chi connectivity index (χ1) is 12.1. The van der Waals surface area contributed by atoms with Crippen molar-refractivity contribution in [2.24, 2.45) is 0 Å². The average Bonchev–Trinajstić information content (AvgIpc) is 2.98. The molecule has 2 aromatic heterocycles. The Kier molecular flexibility index (Phi) is 5.49. The highest BCUT2D eigenvalue weighted by molar-refractivity contribution is 7.62. The van der Waals surface area contributed by atoms with E-state index < -0.39 is 7.60 Å². The van der Waals surface area contributed by atoms with Crippen molar-refractivity contribution in [1.29, 1.82) is 0 Å². The molecule has 0 spiro atoms. The van der Waals surface area contributed by atoms with E-state index in [0.29, 0.717) is 17.7 Å². The number of rotatable bonds is 7. The Morgan fingerprint density at radius 1 is 1.12 bits per heavy atom. The number of imidazole rings is 1. The molecule has 3 aromatic rings.